The minimum atomic E-state index is -3.35. The first-order valence-corrected chi connectivity index (χ1v) is 9.27. The van der Waals surface area contributed by atoms with E-state index in [4.69, 9.17) is 20.2 Å². The molecule has 1 aromatic carbocycles. The maximum absolute atomic E-state index is 10.7. The van der Waals surface area contributed by atoms with Crippen LogP contribution in [0, 0.1) is 0 Å². The summed E-state index contributed by atoms with van der Waals surface area (Å²) in [7, 11) is 1.79. The summed E-state index contributed by atoms with van der Waals surface area (Å²) >= 11 is 0. The van der Waals surface area contributed by atoms with Crippen LogP contribution in [0.25, 0.3) is 0 Å². The van der Waals surface area contributed by atoms with Crippen LogP contribution >= 0.6 is 10.7 Å². The summed E-state index contributed by atoms with van der Waals surface area (Å²) < 4.78 is 32.6. The zero-order chi connectivity index (χ0) is 14.8. The van der Waals surface area contributed by atoms with Gasteiger partial charge in [0.05, 0.1) is 19.0 Å². The molecule has 0 heterocycles. The van der Waals surface area contributed by atoms with Gasteiger partial charge in [0, 0.05) is 10.7 Å². The Bertz CT molecular complexity index is 488. The Morgan fingerprint density at radius 1 is 1.00 bits per heavy atom. The van der Waals surface area contributed by atoms with Crippen LogP contribution in [0.2, 0.25) is 0 Å². The van der Waals surface area contributed by atoms with Crippen LogP contribution in [0.4, 0.5) is 0 Å². The van der Waals surface area contributed by atoms with Crippen LogP contribution in [-0.2, 0) is 9.05 Å². The number of hydrogen-bond acceptors (Lipinski definition) is 4. The van der Waals surface area contributed by atoms with E-state index in [9.17, 15) is 8.42 Å². The normalized spacial score (nSPS) is 11.3. The third-order valence-electron chi connectivity index (χ3n) is 2.69. The molecule has 4 nitrogen and oxygen atoms in total. The van der Waals surface area contributed by atoms with Crippen molar-refractivity contribution in [3.8, 4) is 11.5 Å². The van der Waals surface area contributed by atoms with Gasteiger partial charge in [-0.25, -0.2) is 8.42 Å². The highest BCUT2D eigenvalue weighted by Crippen LogP contribution is 2.26. The first-order valence-electron chi connectivity index (χ1n) is 6.80. The summed E-state index contributed by atoms with van der Waals surface area (Å²) in [5.74, 6) is 1.55. The molecule has 1 rings (SSSR count). The van der Waals surface area contributed by atoms with Gasteiger partial charge in [0.2, 0.25) is 9.05 Å². The van der Waals surface area contributed by atoms with Crippen LogP contribution in [0.3, 0.4) is 0 Å². The van der Waals surface area contributed by atoms with E-state index in [0.717, 1.165) is 30.8 Å². The molecule has 0 aliphatic heterocycles. The maximum Gasteiger partial charge on any atom is 0.232 e. The van der Waals surface area contributed by atoms with Gasteiger partial charge in [-0.1, -0.05) is 25.0 Å². The third kappa shape index (κ3) is 7.60. The number of para-hydroxylation sites is 2. The summed E-state index contributed by atoms with van der Waals surface area (Å²) in [6, 6.07) is 7.57. The molecule has 0 amide bonds. The van der Waals surface area contributed by atoms with Gasteiger partial charge in [-0.05, 0) is 31.9 Å². The van der Waals surface area contributed by atoms with Crippen molar-refractivity contribution in [1.29, 1.82) is 0 Å². The molecule has 114 valence electrons. The molecule has 0 N–H and O–H groups in total. The minimum Gasteiger partial charge on any atom is -0.490 e. The number of rotatable bonds is 10. The van der Waals surface area contributed by atoms with Crippen molar-refractivity contribution in [2.45, 2.75) is 32.6 Å². The molecule has 0 unspecified atom stereocenters. The second kappa shape index (κ2) is 9.08. The smallest absolute Gasteiger partial charge is 0.232 e. The van der Waals surface area contributed by atoms with E-state index in [1.54, 1.807) is 0 Å². The van der Waals surface area contributed by atoms with E-state index in [2.05, 4.69) is 0 Å². The van der Waals surface area contributed by atoms with Gasteiger partial charge < -0.3 is 9.47 Å². The highest BCUT2D eigenvalue weighted by atomic mass is 35.7. The monoisotopic (exact) mass is 320 g/mol. The Morgan fingerprint density at radius 2 is 1.60 bits per heavy atom. The van der Waals surface area contributed by atoms with Crippen molar-refractivity contribution >= 4 is 19.7 Å². The molecule has 0 aliphatic carbocycles. The molecule has 6 heteroatoms. The molecule has 0 saturated carbocycles. The van der Waals surface area contributed by atoms with Crippen molar-refractivity contribution in [3.63, 3.8) is 0 Å². The molecule has 0 saturated heterocycles. The fourth-order valence-corrected chi connectivity index (χ4v) is 2.63. The molecule has 1 aromatic rings. The lowest BCUT2D eigenvalue weighted by atomic mass is 10.2. The third-order valence-corrected chi connectivity index (χ3v) is 3.93. The highest BCUT2D eigenvalue weighted by molar-refractivity contribution is 8.13. The minimum absolute atomic E-state index is 0.0442. The second-order valence-electron chi connectivity index (χ2n) is 4.39. The first kappa shape index (κ1) is 17.1. The van der Waals surface area contributed by atoms with Gasteiger partial charge >= 0.3 is 0 Å². The molecule has 0 radical (unpaired) electrons. The molecule has 0 fully saturated rings. The Balaban J connectivity index is 2.18. The van der Waals surface area contributed by atoms with E-state index >= 15 is 0 Å². The van der Waals surface area contributed by atoms with Crippen LogP contribution < -0.4 is 9.47 Å². The fourth-order valence-electron chi connectivity index (χ4n) is 1.76. The Morgan fingerprint density at radius 3 is 2.20 bits per heavy atom. The van der Waals surface area contributed by atoms with E-state index in [1.807, 2.05) is 31.2 Å². The van der Waals surface area contributed by atoms with Crippen molar-refractivity contribution in [2.75, 3.05) is 19.0 Å². The summed E-state index contributed by atoms with van der Waals surface area (Å²) in [6.07, 6.45) is 3.23. The number of unbranched alkanes of at least 4 members (excludes halogenated alkanes) is 3. The molecule has 0 aromatic heterocycles. The summed E-state index contributed by atoms with van der Waals surface area (Å²) in [4.78, 5) is 0. The lowest BCUT2D eigenvalue weighted by Gasteiger charge is -2.11. The zero-order valence-electron chi connectivity index (χ0n) is 11.7. The summed E-state index contributed by atoms with van der Waals surface area (Å²) in [5.41, 5.74) is 0. The summed E-state index contributed by atoms with van der Waals surface area (Å²) in [5, 5.41) is 0. The average molecular weight is 321 g/mol. The number of hydrogen-bond donors (Lipinski definition) is 0. The summed E-state index contributed by atoms with van der Waals surface area (Å²) in [6.45, 7) is 3.13. The lowest BCUT2D eigenvalue weighted by molar-refractivity contribution is 0.270. The van der Waals surface area contributed by atoms with Crippen molar-refractivity contribution < 1.29 is 17.9 Å². The van der Waals surface area contributed by atoms with Crippen molar-refractivity contribution in [3.05, 3.63) is 24.3 Å². The highest BCUT2D eigenvalue weighted by Gasteiger charge is 2.05. The molecule has 20 heavy (non-hydrogen) atoms. The van der Waals surface area contributed by atoms with Gasteiger partial charge in [0.1, 0.15) is 0 Å². The largest absolute Gasteiger partial charge is 0.490 e. The quantitative estimate of drug-likeness (QED) is 0.488. The Labute approximate surface area is 125 Å². The molecule has 0 aliphatic rings. The lowest BCUT2D eigenvalue weighted by Crippen LogP contribution is -2.01. The zero-order valence-corrected chi connectivity index (χ0v) is 13.3. The Kier molecular flexibility index (Phi) is 7.77. The van der Waals surface area contributed by atoms with Crippen molar-refractivity contribution in [2.24, 2.45) is 0 Å². The molecule has 0 atom stereocenters. The van der Waals surface area contributed by atoms with Crippen LogP contribution in [0.15, 0.2) is 24.3 Å². The SMILES string of the molecule is CCOc1ccccc1OCCCCCCS(=O)(=O)Cl. The topological polar surface area (TPSA) is 52.6 Å². The van der Waals surface area contributed by atoms with Gasteiger partial charge in [-0.3, -0.25) is 0 Å². The van der Waals surface area contributed by atoms with Crippen LogP contribution in [0.1, 0.15) is 32.6 Å². The van der Waals surface area contributed by atoms with Crippen LogP contribution in [0.5, 0.6) is 11.5 Å². The number of ether oxygens (including phenoxy) is 2. The maximum atomic E-state index is 10.7. The van der Waals surface area contributed by atoms with E-state index < -0.39 is 9.05 Å². The predicted octanol–water partition coefficient (Wildman–Crippen LogP) is 3.59. The van der Waals surface area contributed by atoms with Gasteiger partial charge in [0.25, 0.3) is 0 Å². The van der Waals surface area contributed by atoms with E-state index in [0.29, 0.717) is 19.6 Å². The van der Waals surface area contributed by atoms with Gasteiger partial charge in [-0.2, -0.15) is 0 Å². The average Bonchev–Trinajstić information content (AvgIpc) is 2.38. The fraction of sp³-hybridized carbons (Fsp3) is 0.571. The van der Waals surface area contributed by atoms with E-state index in [1.165, 1.54) is 0 Å². The van der Waals surface area contributed by atoms with Crippen LogP contribution in [-0.4, -0.2) is 27.4 Å². The number of benzene rings is 1. The second-order valence-corrected chi connectivity index (χ2v) is 7.28. The molecule has 0 spiro atoms. The molecular formula is C14H21ClO4S. The number of halogens is 1. The molecular weight excluding hydrogens is 300 g/mol. The van der Waals surface area contributed by atoms with E-state index in [-0.39, 0.29) is 5.75 Å². The van der Waals surface area contributed by atoms with Gasteiger partial charge in [0.15, 0.2) is 11.5 Å². The van der Waals surface area contributed by atoms with Gasteiger partial charge in [-0.15, -0.1) is 0 Å². The molecule has 0 bridgehead atoms. The predicted molar refractivity (Wildman–Crippen MR) is 81.2 cm³/mol. The van der Waals surface area contributed by atoms with Crippen molar-refractivity contribution in [1.82, 2.24) is 0 Å². The standard InChI is InChI=1S/C14H21ClO4S/c1-2-18-13-9-5-6-10-14(13)19-11-7-3-4-8-12-20(15,16)17/h5-6,9-10H,2-4,7-8,11-12H2,1H3. The first-order chi connectivity index (χ1) is 9.53. The Hall–Kier alpha value is -0.940.